The van der Waals surface area contributed by atoms with Crippen molar-refractivity contribution in [1.29, 1.82) is 0 Å². The Morgan fingerprint density at radius 3 is 2.63 bits per heavy atom. The Morgan fingerprint density at radius 1 is 1.10 bits per heavy atom. The molecule has 1 aliphatic heterocycles. The number of aliphatic hydroxyl groups is 2. The monoisotopic (exact) mass is 413 g/mol. The van der Waals surface area contributed by atoms with Crippen molar-refractivity contribution >= 4 is 0 Å². The Balaban J connectivity index is 1.42. The fraction of sp³-hybridized carbons (Fsp3) is 0.852. The van der Waals surface area contributed by atoms with Gasteiger partial charge in [-0.25, -0.2) is 0 Å². The lowest BCUT2D eigenvalue weighted by Crippen LogP contribution is -2.50. The van der Waals surface area contributed by atoms with Gasteiger partial charge >= 0.3 is 0 Å². The maximum Gasteiger partial charge on any atom is 0.0639 e. The van der Waals surface area contributed by atoms with Crippen LogP contribution in [0, 0.1) is 40.4 Å². The molecule has 1 heterocycles. The molecule has 30 heavy (non-hydrogen) atoms. The molecule has 10 atom stereocenters. The van der Waals surface area contributed by atoms with Gasteiger partial charge in [0.05, 0.1) is 12.2 Å². The first-order valence-electron chi connectivity index (χ1n) is 12.7. The molecule has 3 nitrogen and oxygen atoms in total. The van der Waals surface area contributed by atoms with Crippen molar-refractivity contribution in [3.05, 3.63) is 23.3 Å². The lowest BCUT2D eigenvalue weighted by atomic mass is 9.51. The maximum absolute atomic E-state index is 11.4. The van der Waals surface area contributed by atoms with E-state index in [-0.39, 0.29) is 23.0 Å². The van der Waals surface area contributed by atoms with Gasteiger partial charge in [-0.2, -0.15) is 0 Å². The third kappa shape index (κ3) is 3.02. The van der Waals surface area contributed by atoms with E-state index in [1.807, 2.05) is 0 Å². The zero-order valence-corrected chi connectivity index (χ0v) is 19.5. The molecule has 0 unspecified atom stereocenters. The molecule has 0 amide bonds. The van der Waals surface area contributed by atoms with Crippen molar-refractivity contribution in [2.45, 2.75) is 97.3 Å². The Morgan fingerprint density at radius 2 is 1.90 bits per heavy atom. The van der Waals surface area contributed by atoms with Crippen LogP contribution in [0.25, 0.3) is 0 Å². The number of allylic oxidation sites excluding steroid dienone is 2. The quantitative estimate of drug-likeness (QED) is 0.568. The zero-order chi connectivity index (χ0) is 21.3. The predicted molar refractivity (Wildman–Crippen MR) is 122 cm³/mol. The average Bonchev–Trinajstić information content (AvgIpc) is 3.00. The second-order valence-electron chi connectivity index (χ2n) is 12.1. The second kappa shape index (κ2) is 7.46. The number of nitrogens with one attached hydrogen (secondary N) is 1. The summed E-state index contributed by atoms with van der Waals surface area (Å²) in [6, 6.07) is 0.522. The first kappa shape index (κ1) is 21.2. The molecule has 0 spiro atoms. The van der Waals surface area contributed by atoms with Crippen LogP contribution in [-0.2, 0) is 0 Å². The number of hydrogen-bond donors (Lipinski definition) is 3. The molecule has 0 aromatic heterocycles. The van der Waals surface area contributed by atoms with Crippen LogP contribution in [0.5, 0.6) is 0 Å². The highest BCUT2D eigenvalue weighted by molar-refractivity contribution is 5.34. The lowest BCUT2D eigenvalue weighted by Gasteiger charge is -2.54. The Hall–Kier alpha value is -0.640. The Labute approximate surface area is 183 Å². The number of hydrogen-bond acceptors (Lipinski definition) is 3. The summed E-state index contributed by atoms with van der Waals surface area (Å²) in [5.41, 5.74) is 3.26. The summed E-state index contributed by atoms with van der Waals surface area (Å²) in [6.07, 6.45) is 13.4. The van der Waals surface area contributed by atoms with Crippen LogP contribution in [0.3, 0.4) is 0 Å². The Kier molecular flexibility index (Phi) is 5.27. The minimum Gasteiger partial charge on any atom is -0.393 e. The molecule has 0 radical (unpaired) electrons. The van der Waals surface area contributed by atoms with Gasteiger partial charge in [-0.15, -0.1) is 0 Å². The molecule has 4 aliphatic carbocycles. The van der Waals surface area contributed by atoms with E-state index in [1.54, 1.807) is 5.57 Å². The van der Waals surface area contributed by atoms with Gasteiger partial charge in [0, 0.05) is 11.5 Å². The van der Waals surface area contributed by atoms with E-state index in [4.69, 9.17) is 0 Å². The van der Waals surface area contributed by atoms with Crippen LogP contribution in [-0.4, -0.2) is 35.0 Å². The van der Waals surface area contributed by atoms with Crippen LogP contribution >= 0.6 is 0 Å². The molecule has 0 aromatic carbocycles. The third-order valence-corrected chi connectivity index (χ3v) is 10.7. The maximum atomic E-state index is 11.4. The van der Waals surface area contributed by atoms with Crippen LogP contribution < -0.4 is 5.32 Å². The minimum atomic E-state index is -0.227. The van der Waals surface area contributed by atoms with Crippen LogP contribution in [0.15, 0.2) is 23.3 Å². The van der Waals surface area contributed by atoms with E-state index in [9.17, 15) is 10.2 Å². The highest BCUT2D eigenvalue weighted by Crippen LogP contribution is 2.64. The van der Waals surface area contributed by atoms with Crippen molar-refractivity contribution in [1.82, 2.24) is 5.32 Å². The summed E-state index contributed by atoms with van der Waals surface area (Å²) in [7, 11) is 0. The predicted octanol–water partition coefficient (Wildman–Crippen LogP) is 4.84. The van der Waals surface area contributed by atoms with Crippen molar-refractivity contribution in [3.63, 3.8) is 0 Å². The molecule has 5 rings (SSSR count). The topological polar surface area (TPSA) is 52.5 Å². The van der Waals surface area contributed by atoms with Gasteiger partial charge in [-0.1, -0.05) is 51.0 Å². The van der Waals surface area contributed by atoms with E-state index >= 15 is 0 Å². The smallest absolute Gasteiger partial charge is 0.0639 e. The average molecular weight is 414 g/mol. The number of rotatable bonds is 2. The first-order chi connectivity index (χ1) is 14.2. The largest absolute Gasteiger partial charge is 0.393 e. The SMILES string of the molecule is C[C@H]1CC[C@@H]([C@@H](C)[C@@]2(C)C3=CC[C@H]4[C@@H](CC=C5C[C@@H](O)CC[C@@]54C)[C@@H]3C[C@@H]2O)NC1. The van der Waals surface area contributed by atoms with E-state index in [1.165, 1.54) is 18.4 Å². The second-order valence-corrected chi connectivity index (χ2v) is 12.1. The van der Waals surface area contributed by atoms with Crippen LogP contribution in [0.4, 0.5) is 0 Å². The molecular formula is C27H43NO2. The molecule has 0 aromatic rings. The summed E-state index contributed by atoms with van der Waals surface area (Å²) < 4.78 is 0. The lowest BCUT2D eigenvalue weighted by molar-refractivity contribution is 0.0253. The molecule has 3 N–H and O–H groups in total. The summed E-state index contributed by atoms with van der Waals surface area (Å²) >= 11 is 0. The van der Waals surface area contributed by atoms with Gasteiger partial charge in [-0.3, -0.25) is 0 Å². The van der Waals surface area contributed by atoms with Crippen LogP contribution in [0.2, 0.25) is 0 Å². The molecule has 2 saturated carbocycles. The molecule has 0 bridgehead atoms. The van der Waals surface area contributed by atoms with Crippen LogP contribution in [0.1, 0.15) is 79.1 Å². The van der Waals surface area contributed by atoms with E-state index in [0.29, 0.717) is 29.7 Å². The molecule has 3 fully saturated rings. The number of aliphatic hydroxyl groups excluding tert-OH is 2. The van der Waals surface area contributed by atoms with Gasteiger partial charge in [0.2, 0.25) is 0 Å². The molecule has 5 aliphatic rings. The summed E-state index contributed by atoms with van der Waals surface area (Å²) in [5, 5.41) is 25.5. The fourth-order valence-electron chi connectivity index (χ4n) is 8.42. The standard InChI is InChI=1S/C27H43NO2/c1-16-5-10-24(28-15-16)17(2)27(4)23-9-8-22-20(21(23)14-25(27)30)7-6-18-13-19(29)11-12-26(18,22)3/h6,9,16-17,19-22,24-25,28-30H,5,7-8,10-15H2,1-4H3/t16-,17+,19-,20-,21-,22-,24-,25-,26-,27-/m0/s1. The minimum absolute atomic E-state index is 0.0957. The van der Waals surface area contributed by atoms with Gasteiger partial charge in [-0.05, 0) is 92.9 Å². The molecule has 1 saturated heterocycles. The zero-order valence-electron chi connectivity index (χ0n) is 19.5. The van der Waals surface area contributed by atoms with Gasteiger partial charge < -0.3 is 15.5 Å². The van der Waals surface area contributed by atoms with Crippen molar-refractivity contribution < 1.29 is 10.2 Å². The van der Waals surface area contributed by atoms with Crippen molar-refractivity contribution in [3.8, 4) is 0 Å². The normalized spacial score (nSPS) is 51.9. The van der Waals surface area contributed by atoms with Crippen molar-refractivity contribution in [2.75, 3.05) is 6.54 Å². The molecular weight excluding hydrogens is 370 g/mol. The highest BCUT2D eigenvalue weighted by Gasteiger charge is 2.58. The van der Waals surface area contributed by atoms with E-state index in [0.717, 1.165) is 51.0 Å². The van der Waals surface area contributed by atoms with E-state index in [2.05, 4.69) is 45.2 Å². The molecule has 168 valence electrons. The summed E-state index contributed by atoms with van der Waals surface area (Å²) in [5.74, 6) is 3.11. The third-order valence-electron chi connectivity index (χ3n) is 10.7. The highest BCUT2D eigenvalue weighted by atomic mass is 16.3. The number of fused-ring (bicyclic) bond motifs is 5. The van der Waals surface area contributed by atoms with Gasteiger partial charge in [0.1, 0.15) is 0 Å². The van der Waals surface area contributed by atoms with Gasteiger partial charge in [0.15, 0.2) is 0 Å². The fourth-order valence-corrected chi connectivity index (χ4v) is 8.42. The summed E-state index contributed by atoms with van der Waals surface area (Å²) in [4.78, 5) is 0. The Bertz CT molecular complexity index is 735. The molecule has 3 heteroatoms. The number of piperidine rings is 1. The summed E-state index contributed by atoms with van der Waals surface area (Å²) in [6.45, 7) is 10.7. The van der Waals surface area contributed by atoms with Crippen molar-refractivity contribution in [2.24, 2.45) is 40.4 Å². The van der Waals surface area contributed by atoms with E-state index < -0.39 is 0 Å². The first-order valence-corrected chi connectivity index (χ1v) is 12.7. The van der Waals surface area contributed by atoms with Gasteiger partial charge in [0.25, 0.3) is 0 Å².